The fourth-order valence-electron chi connectivity index (χ4n) is 1.59. The quantitative estimate of drug-likeness (QED) is 0.809. The van der Waals surface area contributed by atoms with Crippen LogP contribution in [-0.4, -0.2) is 11.3 Å². The summed E-state index contributed by atoms with van der Waals surface area (Å²) in [5, 5.41) is 4.12. The molecule has 2 N–H and O–H groups in total. The number of rotatable bonds is 6. The molecule has 0 aliphatic carbocycles. The average Bonchev–Trinajstić information content (AvgIpc) is 2.77. The van der Waals surface area contributed by atoms with Gasteiger partial charge in [0.05, 0.1) is 5.54 Å². The maximum Gasteiger partial charge on any atom is 0.152 e. The van der Waals surface area contributed by atoms with Crippen molar-refractivity contribution in [2.75, 3.05) is 0 Å². The molecule has 0 aliphatic rings. The minimum Gasteiger partial charge on any atom is -0.319 e. The van der Waals surface area contributed by atoms with Crippen LogP contribution in [0.2, 0.25) is 0 Å². The predicted molar refractivity (Wildman–Crippen MR) is 65.1 cm³/mol. The van der Waals surface area contributed by atoms with Gasteiger partial charge in [-0.15, -0.1) is 0 Å². The number of thiophene rings is 1. The summed E-state index contributed by atoms with van der Waals surface area (Å²) in [4.78, 5) is 11.9. The molecular weight excluding hydrogens is 206 g/mol. The van der Waals surface area contributed by atoms with E-state index in [9.17, 15) is 4.79 Å². The number of ketones is 1. The van der Waals surface area contributed by atoms with Crippen molar-refractivity contribution in [1.82, 2.24) is 0 Å². The first kappa shape index (κ1) is 12.4. The lowest BCUT2D eigenvalue weighted by Gasteiger charge is -2.24. The van der Waals surface area contributed by atoms with Crippen LogP contribution in [0.25, 0.3) is 0 Å². The van der Waals surface area contributed by atoms with Gasteiger partial charge in [0.25, 0.3) is 0 Å². The van der Waals surface area contributed by atoms with Crippen molar-refractivity contribution in [2.45, 2.75) is 45.1 Å². The zero-order valence-corrected chi connectivity index (χ0v) is 10.3. The molecule has 0 aliphatic heterocycles. The number of aryl methyl sites for hydroxylation is 1. The molecule has 0 atom stereocenters. The Bertz CT molecular complexity index is 301. The lowest BCUT2D eigenvalue weighted by molar-refractivity contribution is -0.124. The van der Waals surface area contributed by atoms with E-state index in [4.69, 9.17) is 5.73 Å². The van der Waals surface area contributed by atoms with Gasteiger partial charge in [0.15, 0.2) is 5.78 Å². The Labute approximate surface area is 95.5 Å². The van der Waals surface area contributed by atoms with Crippen LogP contribution in [-0.2, 0) is 11.2 Å². The fourth-order valence-corrected chi connectivity index (χ4v) is 2.29. The molecule has 1 aromatic heterocycles. The molecule has 3 heteroatoms. The third kappa shape index (κ3) is 3.14. The molecule has 2 nitrogen and oxygen atoms in total. The van der Waals surface area contributed by atoms with Crippen molar-refractivity contribution in [3.05, 3.63) is 22.4 Å². The summed E-state index contributed by atoms with van der Waals surface area (Å²) >= 11 is 1.67. The van der Waals surface area contributed by atoms with Gasteiger partial charge in [0.2, 0.25) is 0 Å². The van der Waals surface area contributed by atoms with Crippen LogP contribution >= 0.6 is 11.3 Å². The Morgan fingerprint density at radius 3 is 2.60 bits per heavy atom. The summed E-state index contributed by atoms with van der Waals surface area (Å²) in [7, 11) is 0. The van der Waals surface area contributed by atoms with E-state index in [-0.39, 0.29) is 5.78 Å². The standard InChI is InChI=1S/C12H19NOS/c1-3-12(13,4-2)11(14)6-5-10-7-8-15-9-10/h7-9H,3-6,13H2,1-2H3. The number of nitrogens with two attached hydrogens (primary N) is 1. The molecule has 0 amide bonds. The highest BCUT2D eigenvalue weighted by Crippen LogP contribution is 2.17. The summed E-state index contributed by atoms with van der Waals surface area (Å²) in [6.45, 7) is 3.96. The molecule has 1 aromatic rings. The Balaban J connectivity index is 2.48. The van der Waals surface area contributed by atoms with Gasteiger partial charge in [-0.25, -0.2) is 0 Å². The van der Waals surface area contributed by atoms with Gasteiger partial charge in [-0.05, 0) is 41.7 Å². The van der Waals surface area contributed by atoms with Crippen molar-refractivity contribution in [2.24, 2.45) is 5.73 Å². The highest BCUT2D eigenvalue weighted by Gasteiger charge is 2.28. The largest absolute Gasteiger partial charge is 0.319 e. The smallest absolute Gasteiger partial charge is 0.152 e. The van der Waals surface area contributed by atoms with Gasteiger partial charge in [-0.1, -0.05) is 13.8 Å². The van der Waals surface area contributed by atoms with Gasteiger partial charge >= 0.3 is 0 Å². The second-order valence-corrected chi connectivity index (χ2v) is 4.70. The molecule has 1 rings (SSSR count). The predicted octanol–water partition coefficient (Wildman–Crippen LogP) is 2.77. The summed E-state index contributed by atoms with van der Waals surface area (Å²) in [5.74, 6) is 0.193. The van der Waals surface area contributed by atoms with Crippen molar-refractivity contribution < 1.29 is 4.79 Å². The number of carbonyl (C=O) groups is 1. The Kier molecular flexibility index (Phi) is 4.48. The van der Waals surface area contributed by atoms with Crippen LogP contribution in [0.4, 0.5) is 0 Å². The molecule has 1 heterocycles. The van der Waals surface area contributed by atoms with Gasteiger partial charge in [0, 0.05) is 6.42 Å². The minimum absolute atomic E-state index is 0.193. The molecule has 0 saturated heterocycles. The lowest BCUT2D eigenvalue weighted by Crippen LogP contribution is -2.46. The van der Waals surface area contributed by atoms with E-state index >= 15 is 0 Å². The van der Waals surface area contributed by atoms with Crippen LogP contribution in [0.1, 0.15) is 38.7 Å². The molecule has 0 spiro atoms. The molecule has 0 saturated carbocycles. The summed E-state index contributed by atoms with van der Waals surface area (Å²) in [6, 6.07) is 2.06. The maximum atomic E-state index is 11.9. The third-order valence-corrected chi connectivity index (χ3v) is 3.77. The van der Waals surface area contributed by atoms with Crippen molar-refractivity contribution in [3.63, 3.8) is 0 Å². The fraction of sp³-hybridized carbons (Fsp3) is 0.583. The molecule has 84 valence electrons. The first-order valence-electron chi connectivity index (χ1n) is 5.45. The van der Waals surface area contributed by atoms with Crippen molar-refractivity contribution in [3.8, 4) is 0 Å². The number of hydrogen-bond acceptors (Lipinski definition) is 3. The SMILES string of the molecule is CCC(N)(CC)C(=O)CCc1ccsc1. The van der Waals surface area contributed by atoms with E-state index in [0.29, 0.717) is 6.42 Å². The van der Waals surface area contributed by atoms with Crippen LogP contribution in [0, 0.1) is 0 Å². The molecule has 0 unspecified atom stereocenters. The zero-order chi connectivity index (χ0) is 11.3. The molecule has 15 heavy (non-hydrogen) atoms. The van der Waals surface area contributed by atoms with Gasteiger partial charge in [-0.3, -0.25) is 4.79 Å². The number of hydrogen-bond donors (Lipinski definition) is 1. The normalized spacial score (nSPS) is 11.7. The summed E-state index contributed by atoms with van der Waals surface area (Å²) < 4.78 is 0. The van der Waals surface area contributed by atoms with Gasteiger partial charge in [0.1, 0.15) is 0 Å². The van der Waals surface area contributed by atoms with Crippen LogP contribution in [0.15, 0.2) is 16.8 Å². The monoisotopic (exact) mass is 225 g/mol. The van der Waals surface area contributed by atoms with Gasteiger partial charge in [-0.2, -0.15) is 11.3 Å². The third-order valence-electron chi connectivity index (χ3n) is 3.04. The number of Topliss-reactive ketones (excluding diaryl/α,β-unsaturated/α-hetero) is 1. The van der Waals surface area contributed by atoms with Crippen molar-refractivity contribution in [1.29, 1.82) is 0 Å². The molecule has 0 radical (unpaired) electrons. The first-order valence-corrected chi connectivity index (χ1v) is 6.40. The first-order chi connectivity index (χ1) is 7.12. The van der Waals surface area contributed by atoms with Crippen LogP contribution in [0.3, 0.4) is 0 Å². The maximum absolute atomic E-state index is 11.9. The van der Waals surface area contributed by atoms with Gasteiger partial charge < -0.3 is 5.73 Å². The van der Waals surface area contributed by atoms with E-state index < -0.39 is 5.54 Å². The second-order valence-electron chi connectivity index (χ2n) is 3.92. The second kappa shape index (κ2) is 5.42. The van der Waals surface area contributed by atoms with E-state index in [1.165, 1.54) is 5.56 Å². The molecule has 0 aromatic carbocycles. The highest BCUT2D eigenvalue weighted by molar-refractivity contribution is 7.07. The van der Waals surface area contributed by atoms with Crippen LogP contribution in [0.5, 0.6) is 0 Å². The zero-order valence-electron chi connectivity index (χ0n) is 9.45. The van der Waals surface area contributed by atoms with Crippen molar-refractivity contribution >= 4 is 17.1 Å². The summed E-state index contributed by atoms with van der Waals surface area (Å²) in [5.41, 5.74) is 6.67. The Morgan fingerprint density at radius 1 is 1.47 bits per heavy atom. The lowest BCUT2D eigenvalue weighted by atomic mass is 9.86. The number of carbonyl (C=O) groups excluding carboxylic acids is 1. The highest BCUT2D eigenvalue weighted by atomic mass is 32.1. The summed E-state index contributed by atoms with van der Waals surface area (Å²) in [6.07, 6.45) is 2.84. The van der Waals surface area contributed by atoms with E-state index in [1.54, 1.807) is 11.3 Å². The Hall–Kier alpha value is -0.670. The van der Waals surface area contributed by atoms with E-state index in [0.717, 1.165) is 19.3 Å². The molecule has 0 bridgehead atoms. The minimum atomic E-state index is -0.601. The molecular formula is C12H19NOS. The molecule has 0 fully saturated rings. The topological polar surface area (TPSA) is 43.1 Å². The Morgan fingerprint density at radius 2 is 2.13 bits per heavy atom. The van der Waals surface area contributed by atoms with Crippen LogP contribution < -0.4 is 5.73 Å². The van der Waals surface area contributed by atoms with E-state index in [1.807, 2.05) is 19.2 Å². The average molecular weight is 225 g/mol. The van der Waals surface area contributed by atoms with E-state index in [2.05, 4.69) is 11.4 Å².